The second-order valence-corrected chi connectivity index (χ2v) is 3.95. The molecule has 0 fully saturated rings. The molecule has 0 saturated carbocycles. The molecule has 0 radical (unpaired) electrons. The lowest BCUT2D eigenvalue weighted by atomic mass is 10.3. The lowest BCUT2D eigenvalue weighted by Gasteiger charge is -2.10. The van der Waals surface area contributed by atoms with Crippen molar-refractivity contribution in [3.63, 3.8) is 0 Å². The van der Waals surface area contributed by atoms with E-state index in [1.54, 1.807) is 13.2 Å². The average molecular weight is 277 g/mol. The van der Waals surface area contributed by atoms with Gasteiger partial charge < -0.3 is 20.1 Å². The zero-order valence-electron chi connectivity index (χ0n) is 12.2. The maximum absolute atomic E-state index is 5.60. The number of rotatable bonds is 8. The Balaban J connectivity index is 2.35. The van der Waals surface area contributed by atoms with Gasteiger partial charge in [-0.15, -0.1) is 6.58 Å². The van der Waals surface area contributed by atoms with Gasteiger partial charge in [0.15, 0.2) is 5.96 Å². The van der Waals surface area contributed by atoms with E-state index in [1.165, 1.54) is 0 Å². The molecular weight excluding hydrogens is 254 g/mol. The standard InChI is InChI=1S/C15H23N3O2/c1-4-10-17-15(16-5-2)18-11-12-20-14-8-6-13(19-3)7-9-14/h4,6-9H,1,5,10-12H2,2-3H3,(H2,16,17,18). The van der Waals surface area contributed by atoms with Crippen LogP contribution in [0, 0.1) is 0 Å². The molecule has 0 aliphatic carbocycles. The molecule has 5 heteroatoms. The molecule has 0 bridgehead atoms. The Hall–Kier alpha value is -2.17. The van der Waals surface area contributed by atoms with E-state index in [1.807, 2.05) is 31.2 Å². The minimum absolute atomic E-state index is 0.525. The van der Waals surface area contributed by atoms with E-state index in [4.69, 9.17) is 9.47 Å². The normalized spacial score (nSPS) is 10.8. The second kappa shape index (κ2) is 9.72. The minimum atomic E-state index is 0.525. The first-order valence-corrected chi connectivity index (χ1v) is 6.70. The van der Waals surface area contributed by atoms with Crippen molar-refractivity contribution in [1.82, 2.24) is 10.6 Å². The van der Waals surface area contributed by atoms with Crippen molar-refractivity contribution in [2.24, 2.45) is 4.99 Å². The van der Waals surface area contributed by atoms with E-state index in [9.17, 15) is 0 Å². The topological polar surface area (TPSA) is 54.9 Å². The third-order valence-corrected chi connectivity index (χ3v) is 2.45. The third-order valence-electron chi connectivity index (χ3n) is 2.45. The fraction of sp³-hybridized carbons (Fsp3) is 0.400. The van der Waals surface area contributed by atoms with Crippen LogP contribution >= 0.6 is 0 Å². The number of hydrogen-bond donors (Lipinski definition) is 2. The maximum Gasteiger partial charge on any atom is 0.191 e. The fourth-order valence-corrected chi connectivity index (χ4v) is 1.50. The predicted molar refractivity (Wildman–Crippen MR) is 82.7 cm³/mol. The van der Waals surface area contributed by atoms with E-state index in [2.05, 4.69) is 22.2 Å². The average Bonchev–Trinajstić information content (AvgIpc) is 2.49. The number of nitrogens with zero attached hydrogens (tertiary/aromatic N) is 1. The van der Waals surface area contributed by atoms with Gasteiger partial charge in [0.05, 0.1) is 13.7 Å². The second-order valence-electron chi connectivity index (χ2n) is 3.95. The largest absolute Gasteiger partial charge is 0.497 e. The van der Waals surface area contributed by atoms with Crippen molar-refractivity contribution < 1.29 is 9.47 Å². The Morgan fingerprint density at radius 1 is 1.25 bits per heavy atom. The summed E-state index contributed by atoms with van der Waals surface area (Å²) < 4.78 is 10.7. The molecule has 0 atom stereocenters. The van der Waals surface area contributed by atoms with Gasteiger partial charge in [-0.05, 0) is 31.2 Å². The summed E-state index contributed by atoms with van der Waals surface area (Å²) in [5.74, 6) is 2.40. The lowest BCUT2D eigenvalue weighted by molar-refractivity contribution is 0.327. The van der Waals surface area contributed by atoms with Crippen LogP contribution in [0.15, 0.2) is 41.9 Å². The summed E-state index contributed by atoms with van der Waals surface area (Å²) in [5.41, 5.74) is 0. The maximum atomic E-state index is 5.60. The van der Waals surface area contributed by atoms with E-state index < -0.39 is 0 Å². The number of ether oxygens (including phenoxy) is 2. The molecule has 0 aromatic heterocycles. The molecule has 1 aromatic carbocycles. The van der Waals surface area contributed by atoms with Gasteiger partial charge in [-0.3, -0.25) is 0 Å². The number of methoxy groups -OCH3 is 1. The highest BCUT2D eigenvalue weighted by atomic mass is 16.5. The van der Waals surface area contributed by atoms with Gasteiger partial charge in [-0.1, -0.05) is 6.08 Å². The third kappa shape index (κ3) is 6.13. The van der Waals surface area contributed by atoms with Crippen LogP contribution in [0.1, 0.15) is 6.92 Å². The number of guanidine groups is 1. The molecular formula is C15H23N3O2. The Morgan fingerprint density at radius 2 is 1.95 bits per heavy atom. The van der Waals surface area contributed by atoms with Crippen molar-refractivity contribution in [2.45, 2.75) is 6.92 Å². The smallest absolute Gasteiger partial charge is 0.191 e. The monoisotopic (exact) mass is 277 g/mol. The van der Waals surface area contributed by atoms with Crippen LogP contribution in [-0.2, 0) is 0 Å². The van der Waals surface area contributed by atoms with Gasteiger partial charge in [-0.2, -0.15) is 0 Å². The zero-order chi connectivity index (χ0) is 14.6. The highest BCUT2D eigenvalue weighted by Gasteiger charge is 1.96. The number of nitrogens with one attached hydrogen (secondary N) is 2. The molecule has 5 nitrogen and oxygen atoms in total. The summed E-state index contributed by atoms with van der Waals surface area (Å²) in [6.45, 7) is 8.30. The summed E-state index contributed by atoms with van der Waals surface area (Å²) in [6.07, 6.45) is 1.79. The van der Waals surface area contributed by atoms with Crippen LogP contribution in [0.3, 0.4) is 0 Å². The van der Waals surface area contributed by atoms with Crippen LogP contribution in [-0.4, -0.2) is 39.3 Å². The highest BCUT2D eigenvalue weighted by molar-refractivity contribution is 5.79. The first kappa shape index (κ1) is 15.9. The van der Waals surface area contributed by atoms with E-state index >= 15 is 0 Å². The van der Waals surface area contributed by atoms with Gasteiger partial charge in [0.2, 0.25) is 0 Å². The molecule has 1 rings (SSSR count). The Kier molecular flexibility index (Phi) is 7.72. The van der Waals surface area contributed by atoms with Crippen molar-refractivity contribution in [3.05, 3.63) is 36.9 Å². The van der Waals surface area contributed by atoms with E-state index in [0.717, 1.165) is 24.0 Å². The quantitative estimate of drug-likeness (QED) is 0.329. The minimum Gasteiger partial charge on any atom is -0.497 e. The molecule has 0 amide bonds. The Bertz CT molecular complexity index is 416. The first-order chi connectivity index (χ1) is 9.80. The van der Waals surface area contributed by atoms with Gasteiger partial charge >= 0.3 is 0 Å². The van der Waals surface area contributed by atoms with Gasteiger partial charge in [-0.25, -0.2) is 4.99 Å². The molecule has 1 aromatic rings. The Labute approximate surface area is 120 Å². The first-order valence-electron chi connectivity index (χ1n) is 6.70. The van der Waals surface area contributed by atoms with Crippen LogP contribution in [0.25, 0.3) is 0 Å². The van der Waals surface area contributed by atoms with Crippen molar-refractivity contribution in [3.8, 4) is 11.5 Å². The molecule has 0 aliphatic rings. The molecule has 0 saturated heterocycles. The van der Waals surface area contributed by atoms with Crippen molar-refractivity contribution in [1.29, 1.82) is 0 Å². The van der Waals surface area contributed by atoms with Crippen molar-refractivity contribution >= 4 is 5.96 Å². The predicted octanol–water partition coefficient (Wildman–Crippen LogP) is 1.82. The fourth-order valence-electron chi connectivity index (χ4n) is 1.50. The molecule has 0 aliphatic heterocycles. The van der Waals surface area contributed by atoms with Crippen LogP contribution < -0.4 is 20.1 Å². The highest BCUT2D eigenvalue weighted by Crippen LogP contribution is 2.16. The van der Waals surface area contributed by atoms with Gasteiger partial charge in [0, 0.05) is 13.1 Å². The number of aliphatic imine (C=N–C) groups is 1. The summed E-state index contributed by atoms with van der Waals surface area (Å²) in [6, 6.07) is 7.50. The summed E-state index contributed by atoms with van der Waals surface area (Å²) in [5, 5.41) is 6.28. The summed E-state index contributed by atoms with van der Waals surface area (Å²) in [4.78, 5) is 4.40. The number of benzene rings is 1. The van der Waals surface area contributed by atoms with Gasteiger partial charge in [0.1, 0.15) is 18.1 Å². The van der Waals surface area contributed by atoms with Gasteiger partial charge in [0.25, 0.3) is 0 Å². The molecule has 20 heavy (non-hydrogen) atoms. The molecule has 0 unspecified atom stereocenters. The van der Waals surface area contributed by atoms with E-state index in [0.29, 0.717) is 19.7 Å². The molecule has 0 heterocycles. The molecule has 2 N–H and O–H groups in total. The SMILES string of the molecule is C=CCNC(=NCCOc1ccc(OC)cc1)NCC. The van der Waals surface area contributed by atoms with Crippen LogP contribution in [0.4, 0.5) is 0 Å². The summed E-state index contributed by atoms with van der Waals surface area (Å²) in [7, 11) is 1.64. The lowest BCUT2D eigenvalue weighted by Crippen LogP contribution is -2.37. The number of hydrogen-bond acceptors (Lipinski definition) is 3. The Morgan fingerprint density at radius 3 is 2.55 bits per heavy atom. The van der Waals surface area contributed by atoms with Crippen molar-refractivity contribution in [2.75, 3.05) is 33.4 Å². The molecule has 110 valence electrons. The van der Waals surface area contributed by atoms with Crippen LogP contribution in [0.5, 0.6) is 11.5 Å². The molecule has 0 spiro atoms. The van der Waals surface area contributed by atoms with E-state index in [-0.39, 0.29) is 0 Å². The zero-order valence-corrected chi connectivity index (χ0v) is 12.2. The van der Waals surface area contributed by atoms with Crippen LogP contribution in [0.2, 0.25) is 0 Å². The summed E-state index contributed by atoms with van der Waals surface area (Å²) >= 11 is 0.